The number of nitrogens with two attached hydrogens (primary N) is 1. The molecular weight excluding hydrogens is 1860 g/mol. The second-order valence-electron chi connectivity index (χ2n) is 22.8. The fraction of sp³-hybridized carbons (Fsp3) is 0.333. The maximum atomic E-state index is 12.7. The zero-order chi connectivity index (χ0) is 98.3. The van der Waals surface area contributed by atoms with E-state index >= 15 is 0 Å². The number of halogens is 14. The standard InChI is InChI=1S/C18H20Cl2N6O2.C12H15BCl2O2.C11H14ClN5O2.C7H7Cl2N.C7H3Cl2N.C6H3BrCl2.C6H4Cl2.C4H8O.CN.BHNS.B.Cu/c19-13-2-1-12(9-14(13)20)10-21-18-23-16-15(17(27)24-18)26(11-22-16)4-3-25-5-7-28-8-6-25;1-11(2)12(3,4)17-13(16-11)8-5-6-9(14)10(15)7-8;12-11-14-9-8(10(18)15-11)17(7-13-9)2-1-16-3-5-19-6-4-16;2*8-6-2-1-5(4-10)3-7(6)9;7-4-1-2-5(8)6(9)3-4;7-5-3-1-2-4-6(5)8;1-2-4-5-3-1;1-2;1-2-3;;/h1-2,9,11H,3-8,10H2,(H2,21,23,24,27);5-7H,1-4H3;7H,1-6H2,(H,14,15,18);1-3H,4,10H2;1-3H;1-3H;1-4H;1-4H2;;3H;;/q;;;;;;;;-1;;;+1/i1D,2D,9D;5D,6D,7D;;3*1D,2D,3D;1D,2D,3D,4D;;;;;. The summed E-state index contributed by atoms with van der Waals surface area (Å²) in [4.78, 5) is 50.9. The number of aromatic amines is 2. The van der Waals surface area contributed by atoms with Crippen molar-refractivity contribution in [2.75, 3.05) is 84.2 Å². The molecule has 4 aliphatic heterocycles. The van der Waals surface area contributed by atoms with Gasteiger partial charge in [0.25, 0.3) is 11.1 Å². The number of H-pyrrole nitrogens is 2. The van der Waals surface area contributed by atoms with E-state index in [0.717, 1.165) is 65.7 Å². The summed E-state index contributed by atoms with van der Waals surface area (Å²) in [6, 6.07) is -2.52. The van der Waals surface area contributed by atoms with E-state index in [4.69, 9.17) is 223 Å². The van der Waals surface area contributed by atoms with Crippen molar-refractivity contribution in [1.29, 1.82) is 10.5 Å². The molecule has 0 atom stereocenters. The van der Waals surface area contributed by atoms with Crippen LogP contribution in [0, 0.1) is 23.2 Å². The van der Waals surface area contributed by atoms with Crippen LogP contribution in [-0.2, 0) is 66.8 Å². The summed E-state index contributed by atoms with van der Waals surface area (Å²) in [5.41, 5.74) is 5.40. The first kappa shape index (κ1) is 74.9. The van der Waals surface area contributed by atoms with Gasteiger partial charge in [0, 0.05) is 91.5 Å². The number of morpholine rings is 2. The summed E-state index contributed by atoms with van der Waals surface area (Å²) in [5, 5.41) is 16.7. The Morgan fingerprint density at radius 2 is 0.991 bits per heavy atom. The van der Waals surface area contributed by atoms with Crippen molar-refractivity contribution in [1.82, 2.24) is 48.8 Å². The van der Waals surface area contributed by atoms with Gasteiger partial charge in [0.2, 0.25) is 11.2 Å². The first-order valence-electron chi connectivity index (χ1n) is 41.4. The van der Waals surface area contributed by atoms with Gasteiger partial charge in [-0.1, -0.05) is 185 Å². The quantitative estimate of drug-likeness (QED) is 0.0265. The third-order valence-corrected chi connectivity index (χ3v) is 19.4. The Labute approximate surface area is 776 Å². The monoisotopic (exact) mass is 1940 g/mol. The van der Waals surface area contributed by atoms with Crippen LogP contribution >= 0.6 is 180 Å². The van der Waals surface area contributed by atoms with E-state index in [1.54, 1.807) is 23.3 Å². The second kappa shape index (κ2) is 53.9. The van der Waals surface area contributed by atoms with Crippen molar-refractivity contribution in [3.63, 3.8) is 0 Å². The first-order valence-corrected chi connectivity index (χ1v) is 38.0. The van der Waals surface area contributed by atoms with E-state index in [1.807, 2.05) is 32.3 Å². The largest absolute Gasteiger partial charge is 1.00 e. The molecule has 8 heterocycles. The number of imidazole rings is 2. The summed E-state index contributed by atoms with van der Waals surface area (Å²) in [5.74, 6) is 0.146. The van der Waals surface area contributed by atoms with Gasteiger partial charge in [0.05, 0.1) is 148 Å². The van der Waals surface area contributed by atoms with Crippen LogP contribution in [0.2, 0.25) is 65.6 Å². The van der Waals surface area contributed by atoms with Crippen LogP contribution in [0.15, 0.2) is 146 Å². The van der Waals surface area contributed by atoms with Crippen LogP contribution in [0.25, 0.3) is 22.3 Å². The van der Waals surface area contributed by atoms with Crippen LogP contribution < -0.4 is 27.6 Å². The van der Waals surface area contributed by atoms with Crippen molar-refractivity contribution in [3.05, 3.63) is 241 Å². The molecule has 0 aliphatic carbocycles. The second-order valence-corrected chi connectivity index (χ2v) is 28.7. The molecule has 0 amide bonds. The van der Waals surface area contributed by atoms with E-state index in [1.165, 1.54) is 12.8 Å². The molecule has 6 aromatic carbocycles. The van der Waals surface area contributed by atoms with Crippen LogP contribution in [0.5, 0.6) is 0 Å². The minimum absolute atomic E-state index is 0. The average Bonchev–Trinajstić information content (AvgIpc) is 1.58. The Kier molecular flexibility index (Phi) is 35.7. The van der Waals surface area contributed by atoms with Gasteiger partial charge in [-0.15, -0.1) is 0 Å². The number of fused-ring (bicyclic) bond motifs is 2. The van der Waals surface area contributed by atoms with Gasteiger partial charge in [0.1, 0.15) is 0 Å². The van der Waals surface area contributed by atoms with Crippen LogP contribution in [0.4, 0.5) is 5.95 Å². The molecule has 0 saturated carbocycles. The molecule has 22 nitrogen and oxygen atoms in total. The Balaban J connectivity index is 0.000000399. The maximum absolute atomic E-state index is 12.7. The van der Waals surface area contributed by atoms with Crippen molar-refractivity contribution < 1.29 is 66.6 Å². The number of rotatable bonds is 11. The van der Waals surface area contributed by atoms with Gasteiger partial charge in [-0.05, 0) is 153 Å². The fourth-order valence-electron chi connectivity index (χ4n) is 8.71. The van der Waals surface area contributed by atoms with Crippen molar-refractivity contribution in [2.45, 2.75) is 77.9 Å². The minimum Gasteiger partial charge on any atom is -0.512 e. The van der Waals surface area contributed by atoms with Gasteiger partial charge in [-0.2, -0.15) is 15.2 Å². The van der Waals surface area contributed by atoms with Gasteiger partial charge >= 0.3 is 48.9 Å². The molecule has 4 fully saturated rings. The van der Waals surface area contributed by atoms with Crippen LogP contribution in [-0.4, -0.2) is 162 Å². The molecule has 4 radical (unpaired) electrons. The van der Waals surface area contributed by atoms with Crippen molar-refractivity contribution >= 4 is 236 Å². The van der Waals surface area contributed by atoms with E-state index in [0.29, 0.717) is 48.6 Å². The number of anilines is 1. The normalized spacial score (nSPS) is 16.6. The fourth-order valence-corrected chi connectivity index (χ4v) is 10.7. The minimum atomic E-state index is -0.904. The SMILES string of the molecule is C1CCOC1.O=c1[nH]c(Cl)nc2ncn(CCN3CCOCC3)c12.[2H]c1c([2H])c(B2OC(C)(C)C(C)(C)O2)c([2H])c(Cl)c1Cl.[2H]c1c([2H])c(Br)c([2H])c(Cl)c1Cl.[2H]c1c([2H])c(C#N)c([2H])c(Cl)c1Cl.[2H]c1c([2H])c(CN)c([2H])c(Cl)c1Cl.[2H]c1c([2H])c(CNc2nc3ncn(CCN4CCOCC4)c3c(=O)[nH]2)c([2H])c(Cl)c1Cl.[2H]c1c([2H])c([2H])c(Cl)c(Cl)c1[2H].[B].[B]=NS.[C-]#N.[Cu+]. The van der Waals surface area contributed by atoms with Gasteiger partial charge < -0.3 is 55.5 Å². The number of ether oxygens (including phenoxy) is 3. The summed E-state index contributed by atoms with van der Waals surface area (Å²) in [6.45, 7) is 23.7. The Bertz CT molecular complexity index is 5510. The number of thiol groups is 1. The third-order valence-electron chi connectivity index (χ3n) is 14.8. The molecule has 5 N–H and O–H groups in total. The maximum Gasteiger partial charge on any atom is 1.00 e. The molecule has 604 valence electrons. The summed E-state index contributed by atoms with van der Waals surface area (Å²) < 4.78 is 176. The molecule has 4 aliphatic rings. The number of nitrogens with one attached hydrogen (secondary N) is 3. The summed E-state index contributed by atoms with van der Waals surface area (Å²) >= 11 is 80.1. The molecule has 4 aromatic heterocycles. The van der Waals surface area contributed by atoms with Gasteiger partial charge in [0.15, 0.2) is 22.3 Å². The smallest absolute Gasteiger partial charge is 0.512 e. The van der Waals surface area contributed by atoms with Crippen LogP contribution in [0.3, 0.4) is 0 Å². The first-order chi connectivity index (χ1) is 60.9. The molecule has 113 heavy (non-hydrogen) atoms. The molecule has 10 aromatic rings. The Morgan fingerprint density at radius 1 is 0.593 bits per heavy atom. The number of aromatic nitrogens is 8. The Morgan fingerprint density at radius 3 is 1.46 bits per heavy atom. The number of nitriles is 1. The van der Waals surface area contributed by atoms with Crippen molar-refractivity contribution in [3.8, 4) is 6.07 Å². The molecular formula is C72H75B3BrCl13CuN15O7S. The molecule has 0 spiro atoms. The summed E-state index contributed by atoms with van der Waals surface area (Å²) in [6.07, 6.45) is 5.77. The zero-order valence-corrected chi connectivity index (χ0v) is 72.8. The van der Waals surface area contributed by atoms with E-state index in [-0.39, 0.29) is 263 Å². The molecule has 0 unspecified atom stereocenters. The topological polar surface area (TPSA) is 278 Å². The van der Waals surface area contributed by atoms with E-state index in [9.17, 15) is 9.59 Å². The van der Waals surface area contributed by atoms with E-state index in [2.05, 4.69) is 85.7 Å². The van der Waals surface area contributed by atoms with E-state index < -0.39 is 18.3 Å². The molecule has 4 saturated heterocycles. The summed E-state index contributed by atoms with van der Waals surface area (Å²) in [7, 11) is 3.43. The number of nitrogens with zero attached hydrogens (tertiary/aromatic N) is 11. The average molecular weight is 1950 g/mol. The van der Waals surface area contributed by atoms with Gasteiger partial charge in [-0.25, -0.2) is 9.97 Å². The molecule has 14 rings (SSSR count). The van der Waals surface area contributed by atoms with Crippen molar-refractivity contribution in [2.24, 2.45) is 10.0 Å². The zero-order valence-electron chi connectivity index (χ0n) is 78.5. The third kappa shape index (κ3) is 35.2. The molecule has 0 bridgehead atoms. The number of hydrogen-bond acceptors (Lipinski definition) is 19. The Hall–Kier alpha value is -4.41. The predicted molar refractivity (Wildman–Crippen MR) is 466 cm³/mol. The molecule has 41 heteroatoms. The van der Waals surface area contributed by atoms with Gasteiger partial charge in [-0.3, -0.25) is 29.4 Å². The van der Waals surface area contributed by atoms with Crippen LogP contribution in [0.1, 0.15) is 83.3 Å². The predicted octanol–water partition coefficient (Wildman–Crippen LogP) is 18.5. The number of hydrogen-bond donors (Lipinski definition) is 5. The number of benzene rings is 6.